The molecular weight excluding hydrogens is 458 g/mol. The van der Waals surface area contributed by atoms with Gasteiger partial charge in [-0.2, -0.15) is 5.10 Å². The number of nitrogens with zero attached hydrogens (tertiary/aromatic N) is 3. The molecule has 10 heteroatoms. The van der Waals surface area contributed by atoms with Crippen LogP contribution in [-0.4, -0.2) is 53.3 Å². The maximum absolute atomic E-state index is 13.8. The van der Waals surface area contributed by atoms with Crippen molar-refractivity contribution in [1.29, 1.82) is 5.41 Å². The van der Waals surface area contributed by atoms with Gasteiger partial charge < -0.3 is 21.9 Å². The fraction of sp³-hybridized carbons (Fsp3) is 0.385. The number of nitrogens with one attached hydrogen (secondary N) is 3. The highest BCUT2D eigenvalue weighted by Gasteiger charge is 2.44. The van der Waals surface area contributed by atoms with E-state index in [-0.39, 0.29) is 35.9 Å². The van der Waals surface area contributed by atoms with Gasteiger partial charge in [0.05, 0.1) is 29.6 Å². The van der Waals surface area contributed by atoms with Crippen LogP contribution in [0.25, 0.3) is 0 Å². The minimum atomic E-state index is -0.779. The number of hydrogen-bond acceptors (Lipinski definition) is 7. The SMILES string of the molecule is CC(C)[C@@H](C(=O)N[C@H]1CCc2cccc3c2N(C1=O)[C@H](C(=O)NCC(C=N)=NN)C3)c1ccccn1. The number of aryl methyl sites for hydroxylation is 1. The van der Waals surface area contributed by atoms with E-state index in [1.54, 1.807) is 12.3 Å². The van der Waals surface area contributed by atoms with Crippen molar-refractivity contribution in [2.45, 2.75) is 51.1 Å². The van der Waals surface area contributed by atoms with Gasteiger partial charge in [-0.3, -0.25) is 24.3 Å². The van der Waals surface area contributed by atoms with Crippen LogP contribution in [0.5, 0.6) is 0 Å². The Bertz CT molecular complexity index is 1200. The Balaban J connectivity index is 1.59. The number of aromatic nitrogens is 1. The number of nitrogens with two attached hydrogens (primary N) is 1. The molecule has 0 unspecified atom stereocenters. The summed E-state index contributed by atoms with van der Waals surface area (Å²) in [5, 5.41) is 16.5. The van der Waals surface area contributed by atoms with E-state index in [0.29, 0.717) is 25.0 Å². The summed E-state index contributed by atoms with van der Waals surface area (Å²) in [4.78, 5) is 46.3. The van der Waals surface area contributed by atoms with Gasteiger partial charge in [-0.1, -0.05) is 38.1 Å². The van der Waals surface area contributed by atoms with E-state index in [0.717, 1.165) is 23.0 Å². The molecule has 0 spiro atoms. The monoisotopic (exact) mass is 489 g/mol. The number of benzene rings is 1. The molecule has 36 heavy (non-hydrogen) atoms. The summed E-state index contributed by atoms with van der Waals surface area (Å²) in [7, 11) is 0. The topological polar surface area (TPSA) is 154 Å². The lowest BCUT2D eigenvalue weighted by molar-refractivity contribution is -0.130. The van der Waals surface area contributed by atoms with Crippen molar-refractivity contribution in [3.8, 4) is 0 Å². The maximum Gasteiger partial charge on any atom is 0.250 e. The molecule has 3 atom stereocenters. The molecule has 4 rings (SSSR count). The summed E-state index contributed by atoms with van der Waals surface area (Å²) < 4.78 is 0. The minimum Gasteiger partial charge on any atom is -0.349 e. The Hall–Kier alpha value is -4.08. The molecule has 10 nitrogen and oxygen atoms in total. The number of hydrogen-bond donors (Lipinski definition) is 4. The number of carbonyl (C=O) groups excluding carboxylic acids is 3. The van der Waals surface area contributed by atoms with Crippen molar-refractivity contribution in [1.82, 2.24) is 15.6 Å². The Labute approximate surface area is 209 Å². The quantitative estimate of drug-likeness (QED) is 0.250. The average Bonchev–Trinajstić information content (AvgIpc) is 3.21. The standard InChI is InChI=1S/C26H31N7O3/c1-15(2)22(19-8-3-4-11-29-19)25(35)31-20-10-9-16-6-5-7-17-12-21(33(23(16)17)26(20)36)24(34)30-14-18(13-27)32-28/h3-8,11,13,15,20-22,27H,9-10,12,14,28H2,1-2H3,(H,30,34)(H,31,35)/t20-,21-,22+/m0/s1. The zero-order chi connectivity index (χ0) is 25.8. The second-order valence-electron chi connectivity index (χ2n) is 9.41. The molecule has 3 amide bonds. The van der Waals surface area contributed by atoms with Crippen LogP contribution in [0.3, 0.4) is 0 Å². The van der Waals surface area contributed by atoms with E-state index in [9.17, 15) is 14.4 Å². The van der Waals surface area contributed by atoms with Crippen molar-refractivity contribution in [2.24, 2.45) is 16.9 Å². The van der Waals surface area contributed by atoms with Gasteiger partial charge in [-0.15, -0.1) is 0 Å². The molecular formula is C26H31N7O3. The van der Waals surface area contributed by atoms with Gasteiger partial charge in [0, 0.05) is 18.8 Å². The predicted octanol–water partition coefficient (Wildman–Crippen LogP) is 1.29. The van der Waals surface area contributed by atoms with Gasteiger partial charge in [0.2, 0.25) is 17.7 Å². The summed E-state index contributed by atoms with van der Waals surface area (Å²) in [6, 6.07) is 9.72. The molecule has 2 aliphatic rings. The summed E-state index contributed by atoms with van der Waals surface area (Å²) in [5.41, 5.74) is 3.51. The summed E-state index contributed by atoms with van der Waals surface area (Å²) in [6.07, 6.45) is 4.01. The third-order valence-corrected chi connectivity index (χ3v) is 6.76. The first-order valence-corrected chi connectivity index (χ1v) is 12.1. The van der Waals surface area contributed by atoms with Crippen LogP contribution < -0.4 is 21.4 Å². The predicted molar refractivity (Wildman–Crippen MR) is 137 cm³/mol. The van der Waals surface area contributed by atoms with Gasteiger partial charge in [0.25, 0.3) is 0 Å². The van der Waals surface area contributed by atoms with E-state index in [1.165, 1.54) is 4.90 Å². The van der Waals surface area contributed by atoms with Gasteiger partial charge in [-0.25, -0.2) is 0 Å². The third-order valence-electron chi connectivity index (χ3n) is 6.76. The lowest BCUT2D eigenvalue weighted by atomic mass is 9.90. The Morgan fingerprint density at radius 1 is 1.25 bits per heavy atom. The molecule has 0 bridgehead atoms. The molecule has 0 aliphatic carbocycles. The van der Waals surface area contributed by atoms with E-state index in [1.807, 2.05) is 44.2 Å². The highest BCUT2D eigenvalue weighted by molar-refractivity contribution is 6.30. The van der Waals surface area contributed by atoms with E-state index in [2.05, 4.69) is 20.7 Å². The molecule has 2 aromatic rings. The summed E-state index contributed by atoms with van der Waals surface area (Å²) >= 11 is 0. The van der Waals surface area contributed by atoms with E-state index < -0.39 is 18.0 Å². The van der Waals surface area contributed by atoms with Crippen LogP contribution in [0.15, 0.2) is 47.7 Å². The number of amides is 3. The van der Waals surface area contributed by atoms with Crippen molar-refractivity contribution < 1.29 is 14.4 Å². The lowest BCUT2D eigenvalue weighted by Crippen LogP contribution is -2.55. The highest BCUT2D eigenvalue weighted by atomic mass is 16.2. The number of rotatable bonds is 8. The molecule has 0 radical (unpaired) electrons. The zero-order valence-corrected chi connectivity index (χ0v) is 20.4. The van der Waals surface area contributed by atoms with Gasteiger partial charge >= 0.3 is 0 Å². The minimum absolute atomic E-state index is 0.0130. The highest BCUT2D eigenvalue weighted by Crippen LogP contribution is 2.39. The second-order valence-corrected chi connectivity index (χ2v) is 9.41. The van der Waals surface area contributed by atoms with Crippen molar-refractivity contribution in [3.63, 3.8) is 0 Å². The van der Waals surface area contributed by atoms with Crippen LogP contribution in [-0.2, 0) is 27.2 Å². The molecule has 3 heterocycles. The maximum atomic E-state index is 13.8. The first kappa shape index (κ1) is 25.0. The Morgan fingerprint density at radius 3 is 2.69 bits per heavy atom. The smallest absolute Gasteiger partial charge is 0.250 e. The fourth-order valence-corrected chi connectivity index (χ4v) is 5.00. The average molecular weight is 490 g/mol. The number of para-hydroxylation sites is 1. The zero-order valence-electron chi connectivity index (χ0n) is 20.4. The molecule has 0 saturated heterocycles. The van der Waals surface area contributed by atoms with Crippen LogP contribution in [0, 0.1) is 11.3 Å². The lowest BCUT2D eigenvalue weighted by Gasteiger charge is -2.29. The second kappa shape index (κ2) is 10.7. The van der Waals surface area contributed by atoms with Crippen LogP contribution in [0.1, 0.15) is 43.0 Å². The molecule has 1 aromatic heterocycles. The van der Waals surface area contributed by atoms with Crippen molar-refractivity contribution >= 4 is 35.3 Å². The molecule has 0 fully saturated rings. The van der Waals surface area contributed by atoms with Gasteiger partial charge in [0.1, 0.15) is 12.1 Å². The molecule has 188 valence electrons. The van der Waals surface area contributed by atoms with E-state index >= 15 is 0 Å². The molecule has 1 aromatic carbocycles. The molecule has 2 aliphatic heterocycles. The van der Waals surface area contributed by atoms with Gasteiger partial charge in [0.15, 0.2) is 0 Å². The largest absolute Gasteiger partial charge is 0.349 e. The molecule has 0 saturated carbocycles. The van der Waals surface area contributed by atoms with Gasteiger partial charge in [-0.05, 0) is 42.0 Å². The summed E-state index contributed by atoms with van der Waals surface area (Å²) in [5.74, 6) is 3.78. The number of carbonyl (C=O) groups is 3. The van der Waals surface area contributed by atoms with Crippen molar-refractivity contribution in [2.75, 3.05) is 11.4 Å². The van der Waals surface area contributed by atoms with E-state index in [4.69, 9.17) is 11.3 Å². The normalized spacial score (nSPS) is 19.9. The fourth-order valence-electron chi connectivity index (χ4n) is 5.00. The Kier molecular flexibility index (Phi) is 7.42. The number of anilines is 1. The third kappa shape index (κ3) is 4.84. The first-order valence-electron chi connectivity index (χ1n) is 12.1. The number of pyridine rings is 1. The van der Waals surface area contributed by atoms with Crippen LogP contribution in [0.2, 0.25) is 0 Å². The first-order chi connectivity index (χ1) is 17.3. The Morgan fingerprint density at radius 2 is 2.03 bits per heavy atom. The summed E-state index contributed by atoms with van der Waals surface area (Å²) in [6.45, 7) is 3.88. The van der Waals surface area contributed by atoms with Crippen LogP contribution >= 0.6 is 0 Å². The van der Waals surface area contributed by atoms with Crippen LogP contribution in [0.4, 0.5) is 5.69 Å². The number of hydrazone groups is 1. The van der Waals surface area contributed by atoms with Crippen molar-refractivity contribution in [3.05, 3.63) is 59.4 Å². The molecule has 5 N–H and O–H groups in total.